The first kappa shape index (κ1) is 17.9. The zero-order chi connectivity index (χ0) is 17.9. The van der Waals surface area contributed by atoms with Gasteiger partial charge in [0, 0.05) is 11.8 Å². The van der Waals surface area contributed by atoms with Crippen LogP contribution in [0.3, 0.4) is 0 Å². The van der Waals surface area contributed by atoms with Gasteiger partial charge in [0.2, 0.25) is 10.0 Å². The summed E-state index contributed by atoms with van der Waals surface area (Å²) in [7, 11) is -2.74. The first-order valence-corrected chi connectivity index (χ1v) is 8.39. The number of benzene rings is 2. The molecule has 0 atom stereocenters. The average molecular weight is 372 g/mol. The molecule has 0 saturated carbocycles. The molecule has 10 heteroatoms. The molecule has 24 heavy (non-hydrogen) atoms. The highest BCUT2D eigenvalue weighted by Crippen LogP contribution is 2.35. The molecule has 0 aliphatic rings. The third-order valence-electron chi connectivity index (χ3n) is 3.02. The molecule has 0 spiro atoms. The molecule has 2 aromatic rings. The number of anilines is 2. The molecule has 0 unspecified atom stereocenters. The van der Waals surface area contributed by atoms with E-state index >= 15 is 0 Å². The van der Waals surface area contributed by atoms with Crippen molar-refractivity contribution in [1.82, 2.24) is 0 Å². The molecule has 0 aromatic heterocycles. The van der Waals surface area contributed by atoms with Gasteiger partial charge in [0.1, 0.15) is 16.3 Å². The Morgan fingerprint density at radius 1 is 1.25 bits per heavy atom. The molecule has 0 radical (unpaired) electrons. The largest absolute Gasteiger partial charge is 0.504 e. The summed E-state index contributed by atoms with van der Waals surface area (Å²) in [5.74, 6) is -0.330. The average Bonchev–Trinajstić information content (AvgIpc) is 2.53. The number of phenolic OH excluding ortho intramolecular Hbond substituents is 1. The number of sulfonamides is 1. The first-order chi connectivity index (χ1) is 11.3. The number of amides is 2. The van der Waals surface area contributed by atoms with E-state index in [-0.39, 0.29) is 5.69 Å². The fourth-order valence-electron chi connectivity index (χ4n) is 1.92. The molecule has 0 aliphatic heterocycles. The van der Waals surface area contributed by atoms with Crippen molar-refractivity contribution in [3.05, 3.63) is 42.5 Å². The van der Waals surface area contributed by atoms with Gasteiger partial charge < -0.3 is 15.2 Å². The highest BCUT2D eigenvalue weighted by Gasteiger charge is 2.23. The number of hydrogen-bond acceptors (Lipinski definition) is 5. The Morgan fingerprint density at radius 2 is 1.92 bits per heavy atom. The highest BCUT2D eigenvalue weighted by atomic mass is 35.5. The minimum atomic E-state index is -4.17. The zero-order valence-corrected chi connectivity index (χ0v) is 14.0. The molecule has 0 bridgehead atoms. The van der Waals surface area contributed by atoms with Crippen molar-refractivity contribution in [3.8, 4) is 11.5 Å². The number of para-hydroxylation sites is 3. The second-order valence-corrected chi connectivity index (χ2v) is 6.45. The Bertz CT molecular complexity index is 872. The van der Waals surface area contributed by atoms with Crippen LogP contribution >= 0.6 is 11.8 Å². The number of halogens is 1. The minimum Gasteiger partial charge on any atom is -0.504 e. The molecule has 2 amide bonds. The number of primary sulfonamides is 1. The molecular formula is C14H14ClN3O5S. The molecule has 2 rings (SSSR count). The maximum Gasteiger partial charge on any atom is 0.341 e. The van der Waals surface area contributed by atoms with Gasteiger partial charge in [-0.1, -0.05) is 18.2 Å². The number of ether oxygens (including phenoxy) is 1. The number of nitrogens with two attached hydrogens (primary N) is 1. The van der Waals surface area contributed by atoms with Gasteiger partial charge in [-0.3, -0.25) is 0 Å². The minimum absolute atomic E-state index is 0.240. The number of methoxy groups -OCH3 is 1. The second kappa shape index (κ2) is 6.95. The number of phenols is 1. The van der Waals surface area contributed by atoms with E-state index in [4.69, 9.17) is 21.7 Å². The number of nitrogens with zero attached hydrogens (tertiary/aromatic N) is 1. The Hall–Kier alpha value is -2.49. The van der Waals surface area contributed by atoms with E-state index in [1.165, 1.54) is 19.2 Å². The highest BCUT2D eigenvalue weighted by molar-refractivity contribution is 7.89. The Kier molecular flexibility index (Phi) is 5.17. The van der Waals surface area contributed by atoms with Crippen LogP contribution in [-0.2, 0) is 10.0 Å². The van der Waals surface area contributed by atoms with Gasteiger partial charge in [0.15, 0.2) is 5.75 Å². The Labute approximate surface area is 143 Å². The fourth-order valence-corrected chi connectivity index (χ4v) is 2.74. The Morgan fingerprint density at radius 3 is 2.54 bits per heavy atom. The Balaban J connectivity index is 2.32. The van der Waals surface area contributed by atoms with E-state index in [1.807, 2.05) is 0 Å². The van der Waals surface area contributed by atoms with Crippen molar-refractivity contribution in [2.45, 2.75) is 4.90 Å². The standard InChI is InChI=1S/C14H14ClN3O5S/c1-23-11-7-3-2-5-9(11)17-14(20)18(15)10-6-4-8-12(13(10)19)24(16,21)22/h2-8,19H,1H3,(H,17,20)(H2,16,21,22). The van der Waals surface area contributed by atoms with Crippen molar-refractivity contribution in [2.75, 3.05) is 16.8 Å². The quantitative estimate of drug-likeness (QED) is 0.711. The predicted molar refractivity (Wildman–Crippen MR) is 89.8 cm³/mol. The number of hydrogen-bond donors (Lipinski definition) is 3. The summed E-state index contributed by atoms with van der Waals surface area (Å²) < 4.78 is 28.5. The predicted octanol–water partition coefficient (Wildman–Crippen LogP) is 2.24. The molecule has 0 saturated heterocycles. The van der Waals surface area contributed by atoms with Gasteiger partial charge in [-0.25, -0.2) is 18.4 Å². The van der Waals surface area contributed by atoms with Crippen LogP contribution < -0.4 is 19.6 Å². The smallest absolute Gasteiger partial charge is 0.341 e. The normalized spacial score (nSPS) is 11.0. The summed E-state index contributed by atoms with van der Waals surface area (Å²) in [6, 6.07) is 9.43. The molecule has 0 aliphatic carbocycles. The van der Waals surface area contributed by atoms with Crippen LogP contribution in [0.25, 0.3) is 0 Å². The van der Waals surface area contributed by atoms with E-state index in [1.54, 1.807) is 24.3 Å². The summed E-state index contributed by atoms with van der Waals surface area (Å²) in [6.45, 7) is 0. The molecule has 0 heterocycles. The van der Waals surface area contributed by atoms with E-state index in [0.29, 0.717) is 15.9 Å². The van der Waals surface area contributed by atoms with Crippen LogP contribution in [-0.4, -0.2) is 26.7 Å². The van der Waals surface area contributed by atoms with Crippen molar-refractivity contribution in [2.24, 2.45) is 5.14 Å². The number of carbonyl (C=O) groups is 1. The van der Waals surface area contributed by atoms with Crippen LogP contribution in [0.15, 0.2) is 47.4 Å². The summed E-state index contributed by atoms with van der Waals surface area (Å²) in [6.07, 6.45) is 0. The number of nitrogens with one attached hydrogen (secondary N) is 1. The second-order valence-electron chi connectivity index (χ2n) is 4.58. The number of urea groups is 1. The third kappa shape index (κ3) is 3.70. The monoisotopic (exact) mass is 371 g/mol. The van der Waals surface area contributed by atoms with Crippen molar-refractivity contribution < 1.29 is 23.1 Å². The SMILES string of the molecule is COc1ccccc1NC(=O)N(Cl)c1cccc(S(N)(=O)=O)c1O. The molecule has 8 nitrogen and oxygen atoms in total. The van der Waals surface area contributed by atoms with E-state index in [0.717, 1.165) is 6.07 Å². The van der Waals surface area contributed by atoms with Gasteiger partial charge in [-0.05, 0) is 24.3 Å². The molecule has 2 aromatic carbocycles. The molecular weight excluding hydrogens is 358 g/mol. The van der Waals surface area contributed by atoms with Gasteiger partial charge >= 0.3 is 6.03 Å². The third-order valence-corrected chi connectivity index (χ3v) is 4.30. The summed E-state index contributed by atoms with van der Waals surface area (Å²) in [5, 5.41) is 17.5. The first-order valence-electron chi connectivity index (χ1n) is 6.50. The van der Waals surface area contributed by atoms with E-state index in [2.05, 4.69) is 5.32 Å². The van der Waals surface area contributed by atoms with Crippen LogP contribution in [0.1, 0.15) is 0 Å². The maximum atomic E-state index is 12.2. The summed E-state index contributed by atoms with van der Waals surface area (Å²) in [4.78, 5) is 11.7. The lowest BCUT2D eigenvalue weighted by Crippen LogP contribution is -2.27. The molecule has 128 valence electrons. The topological polar surface area (TPSA) is 122 Å². The fraction of sp³-hybridized carbons (Fsp3) is 0.0714. The van der Waals surface area contributed by atoms with Crippen molar-refractivity contribution in [1.29, 1.82) is 0 Å². The van der Waals surface area contributed by atoms with Gasteiger partial charge in [-0.2, -0.15) is 4.42 Å². The van der Waals surface area contributed by atoms with Crippen molar-refractivity contribution in [3.63, 3.8) is 0 Å². The van der Waals surface area contributed by atoms with Gasteiger partial charge in [0.25, 0.3) is 0 Å². The lowest BCUT2D eigenvalue weighted by Gasteiger charge is -2.18. The van der Waals surface area contributed by atoms with E-state index < -0.39 is 26.7 Å². The zero-order valence-electron chi connectivity index (χ0n) is 12.4. The van der Waals surface area contributed by atoms with Crippen LogP contribution in [0.2, 0.25) is 0 Å². The van der Waals surface area contributed by atoms with Gasteiger partial charge in [-0.15, -0.1) is 0 Å². The summed E-state index contributed by atoms with van der Waals surface area (Å²) >= 11 is 5.91. The lowest BCUT2D eigenvalue weighted by atomic mass is 10.3. The number of aromatic hydroxyl groups is 1. The van der Waals surface area contributed by atoms with Crippen LogP contribution in [0.5, 0.6) is 11.5 Å². The van der Waals surface area contributed by atoms with Crippen LogP contribution in [0.4, 0.5) is 16.2 Å². The summed E-state index contributed by atoms with van der Waals surface area (Å²) in [5.41, 5.74) is 0.105. The van der Waals surface area contributed by atoms with Gasteiger partial charge in [0.05, 0.1) is 12.8 Å². The number of rotatable bonds is 4. The lowest BCUT2D eigenvalue weighted by molar-refractivity contribution is 0.259. The maximum absolute atomic E-state index is 12.2. The molecule has 0 fully saturated rings. The number of carbonyl (C=O) groups excluding carboxylic acids is 1. The molecule has 4 N–H and O–H groups in total. The van der Waals surface area contributed by atoms with Crippen molar-refractivity contribution >= 4 is 39.2 Å². The van der Waals surface area contributed by atoms with E-state index in [9.17, 15) is 18.3 Å². The van der Waals surface area contributed by atoms with Crippen LogP contribution in [0, 0.1) is 0 Å².